The number of alkyl halides is 3. The third-order valence-corrected chi connectivity index (χ3v) is 4.80. The lowest BCUT2D eigenvalue weighted by atomic mass is 10.1. The fraction of sp³-hybridized carbons (Fsp3) is 0.238. The smallest absolute Gasteiger partial charge is 0.433 e. The van der Waals surface area contributed by atoms with Gasteiger partial charge >= 0.3 is 6.18 Å². The number of carbonyl (C=O) groups excluding carboxylic acids is 1. The molecule has 32 heavy (non-hydrogen) atoms. The van der Waals surface area contributed by atoms with Crippen molar-refractivity contribution in [2.24, 2.45) is 0 Å². The number of methoxy groups -OCH3 is 1. The molecule has 0 fully saturated rings. The molecule has 0 radical (unpaired) electrons. The molecule has 3 heterocycles. The summed E-state index contributed by atoms with van der Waals surface area (Å²) in [6, 6.07) is 9.15. The minimum atomic E-state index is -4.69. The van der Waals surface area contributed by atoms with Crippen LogP contribution in [0.15, 0.2) is 55.0 Å². The van der Waals surface area contributed by atoms with E-state index in [-0.39, 0.29) is 16.9 Å². The summed E-state index contributed by atoms with van der Waals surface area (Å²) in [5.74, 6) is 0.0124. The number of amides is 1. The summed E-state index contributed by atoms with van der Waals surface area (Å²) >= 11 is 0. The molecule has 0 atom stereocenters. The number of nitrogens with zero attached hydrogens (tertiary/aromatic N) is 5. The molecular formula is C21H19F3N6O2. The molecule has 0 aliphatic rings. The van der Waals surface area contributed by atoms with E-state index in [1.165, 1.54) is 7.11 Å². The number of carbonyl (C=O) groups is 1. The number of halogens is 3. The average Bonchev–Trinajstić information content (AvgIpc) is 3.45. The van der Waals surface area contributed by atoms with Crippen molar-refractivity contribution in [3.63, 3.8) is 0 Å². The van der Waals surface area contributed by atoms with Gasteiger partial charge in [-0.3, -0.25) is 9.48 Å². The van der Waals surface area contributed by atoms with Crippen LogP contribution in [0.5, 0.6) is 5.75 Å². The lowest BCUT2D eigenvalue weighted by Crippen LogP contribution is -2.25. The van der Waals surface area contributed by atoms with Crippen LogP contribution in [0.25, 0.3) is 16.9 Å². The number of benzene rings is 1. The Balaban J connectivity index is 1.63. The van der Waals surface area contributed by atoms with Crippen LogP contribution < -0.4 is 10.1 Å². The molecule has 0 aliphatic heterocycles. The van der Waals surface area contributed by atoms with Gasteiger partial charge in [0.25, 0.3) is 5.91 Å². The summed E-state index contributed by atoms with van der Waals surface area (Å²) < 4.78 is 48.6. The first kappa shape index (κ1) is 21.3. The average molecular weight is 444 g/mol. The number of hydrogen-bond acceptors (Lipinski definition) is 5. The van der Waals surface area contributed by atoms with Crippen LogP contribution in [0.3, 0.4) is 0 Å². The van der Waals surface area contributed by atoms with Gasteiger partial charge in [-0.25, -0.2) is 9.50 Å². The number of aryl methyl sites for hydroxylation is 1. The topological polar surface area (TPSA) is 86.3 Å². The Labute approximate surface area is 180 Å². The molecule has 11 heteroatoms. The van der Waals surface area contributed by atoms with Gasteiger partial charge in [0.1, 0.15) is 11.3 Å². The zero-order chi connectivity index (χ0) is 22.7. The van der Waals surface area contributed by atoms with E-state index in [1.54, 1.807) is 47.4 Å². The van der Waals surface area contributed by atoms with E-state index in [4.69, 9.17) is 4.74 Å². The van der Waals surface area contributed by atoms with Crippen LogP contribution >= 0.6 is 0 Å². The van der Waals surface area contributed by atoms with Crippen LogP contribution in [-0.4, -0.2) is 43.9 Å². The van der Waals surface area contributed by atoms with Gasteiger partial charge in [-0.05, 0) is 42.8 Å². The van der Waals surface area contributed by atoms with E-state index in [0.29, 0.717) is 35.3 Å². The van der Waals surface area contributed by atoms with Gasteiger partial charge in [-0.2, -0.15) is 23.4 Å². The van der Waals surface area contributed by atoms with Crippen LogP contribution in [0.4, 0.5) is 13.2 Å². The second kappa shape index (κ2) is 8.69. The summed E-state index contributed by atoms with van der Waals surface area (Å²) in [6.07, 6.45) is 0.466. The van der Waals surface area contributed by atoms with Crippen molar-refractivity contribution in [1.82, 2.24) is 29.7 Å². The molecule has 1 N–H and O–H groups in total. The predicted octanol–water partition coefficient (Wildman–Crippen LogP) is 3.44. The van der Waals surface area contributed by atoms with Crippen molar-refractivity contribution >= 4 is 11.6 Å². The molecular weight excluding hydrogens is 425 g/mol. The third kappa shape index (κ3) is 4.41. The minimum Gasteiger partial charge on any atom is -0.497 e. The highest BCUT2D eigenvalue weighted by atomic mass is 19.4. The highest BCUT2D eigenvalue weighted by molar-refractivity contribution is 5.99. The molecule has 4 rings (SSSR count). The lowest BCUT2D eigenvalue weighted by molar-refractivity contribution is -0.142. The molecule has 1 aromatic carbocycles. The molecule has 0 saturated carbocycles. The molecule has 0 saturated heterocycles. The first-order chi connectivity index (χ1) is 15.4. The third-order valence-electron chi connectivity index (χ3n) is 4.80. The molecule has 166 valence electrons. The second-order valence-electron chi connectivity index (χ2n) is 6.93. The van der Waals surface area contributed by atoms with E-state index < -0.39 is 17.8 Å². The zero-order valence-corrected chi connectivity index (χ0v) is 17.0. The number of nitrogens with one attached hydrogen (secondary N) is 1. The molecule has 0 aliphatic carbocycles. The van der Waals surface area contributed by atoms with Gasteiger partial charge in [0.2, 0.25) is 0 Å². The Morgan fingerprint density at radius 2 is 1.97 bits per heavy atom. The quantitative estimate of drug-likeness (QED) is 0.442. The fourth-order valence-corrected chi connectivity index (χ4v) is 3.21. The molecule has 3 aromatic heterocycles. The number of hydrogen-bond donors (Lipinski definition) is 1. The Hall–Kier alpha value is -3.89. The first-order valence-electron chi connectivity index (χ1n) is 9.73. The fourth-order valence-electron chi connectivity index (χ4n) is 3.21. The van der Waals surface area contributed by atoms with Crippen molar-refractivity contribution < 1.29 is 22.7 Å². The van der Waals surface area contributed by atoms with Gasteiger partial charge in [0.05, 0.1) is 19.0 Å². The Kier molecular flexibility index (Phi) is 5.80. The highest BCUT2D eigenvalue weighted by Crippen LogP contribution is 2.33. The molecule has 0 unspecified atom stereocenters. The summed E-state index contributed by atoms with van der Waals surface area (Å²) in [6.45, 7) is 0.917. The zero-order valence-electron chi connectivity index (χ0n) is 17.0. The maximum Gasteiger partial charge on any atom is 0.433 e. The van der Waals surface area contributed by atoms with Gasteiger partial charge in [0, 0.05) is 31.0 Å². The number of fused-ring (bicyclic) bond motifs is 1. The van der Waals surface area contributed by atoms with Crippen LogP contribution in [0, 0.1) is 0 Å². The first-order valence-corrected chi connectivity index (χ1v) is 9.73. The van der Waals surface area contributed by atoms with Crippen LogP contribution in [-0.2, 0) is 12.7 Å². The Morgan fingerprint density at radius 3 is 2.62 bits per heavy atom. The SMILES string of the molecule is COc1ccc(-c2cc(C(F)(F)F)n3ncc(C(=O)NCCCn4cccn4)c3n2)cc1. The molecule has 0 spiro atoms. The maximum absolute atomic E-state index is 13.7. The Morgan fingerprint density at radius 1 is 1.19 bits per heavy atom. The van der Waals surface area contributed by atoms with E-state index in [9.17, 15) is 18.0 Å². The normalized spacial score (nSPS) is 11.6. The lowest BCUT2D eigenvalue weighted by Gasteiger charge is -2.12. The van der Waals surface area contributed by atoms with E-state index >= 15 is 0 Å². The van der Waals surface area contributed by atoms with Crippen LogP contribution in [0.1, 0.15) is 22.5 Å². The highest BCUT2D eigenvalue weighted by Gasteiger charge is 2.36. The van der Waals surface area contributed by atoms with Crippen LogP contribution in [0.2, 0.25) is 0 Å². The van der Waals surface area contributed by atoms with Gasteiger partial charge in [0.15, 0.2) is 11.3 Å². The van der Waals surface area contributed by atoms with Crippen molar-refractivity contribution in [2.75, 3.05) is 13.7 Å². The van der Waals surface area contributed by atoms with E-state index in [2.05, 4.69) is 20.5 Å². The molecule has 4 aromatic rings. The second-order valence-corrected chi connectivity index (χ2v) is 6.93. The summed E-state index contributed by atoms with van der Waals surface area (Å²) in [4.78, 5) is 17.0. The monoisotopic (exact) mass is 444 g/mol. The van der Waals surface area contributed by atoms with E-state index in [0.717, 1.165) is 12.3 Å². The summed E-state index contributed by atoms with van der Waals surface area (Å²) in [5.41, 5.74) is -0.711. The van der Waals surface area contributed by atoms with Gasteiger partial charge < -0.3 is 10.1 Å². The van der Waals surface area contributed by atoms with Crippen molar-refractivity contribution in [1.29, 1.82) is 0 Å². The van der Waals surface area contributed by atoms with Crippen molar-refractivity contribution in [2.45, 2.75) is 19.1 Å². The summed E-state index contributed by atoms with van der Waals surface area (Å²) in [7, 11) is 1.49. The number of rotatable bonds is 7. The minimum absolute atomic E-state index is 0.0371. The standard InChI is InChI=1S/C21H19F3N6O2/c1-32-15-6-4-14(5-7-15)17-12-18(21(22,23)24)30-19(28-17)16(13-27-30)20(31)25-8-2-10-29-11-3-9-26-29/h3-7,9,11-13H,2,8,10H2,1H3,(H,25,31). The van der Waals surface area contributed by atoms with Gasteiger partial charge in [-0.1, -0.05) is 0 Å². The Bertz CT molecular complexity index is 1220. The molecule has 1 amide bonds. The number of aromatic nitrogens is 5. The number of ether oxygens (including phenoxy) is 1. The van der Waals surface area contributed by atoms with Crippen molar-refractivity contribution in [3.8, 4) is 17.0 Å². The summed E-state index contributed by atoms with van der Waals surface area (Å²) in [5, 5.41) is 10.5. The van der Waals surface area contributed by atoms with Gasteiger partial charge in [-0.15, -0.1) is 0 Å². The van der Waals surface area contributed by atoms with E-state index in [1.807, 2.05) is 0 Å². The largest absolute Gasteiger partial charge is 0.497 e. The van der Waals surface area contributed by atoms with Crippen molar-refractivity contribution in [3.05, 3.63) is 66.2 Å². The predicted molar refractivity (Wildman–Crippen MR) is 109 cm³/mol. The maximum atomic E-state index is 13.7. The molecule has 0 bridgehead atoms. The molecule has 8 nitrogen and oxygen atoms in total.